The second kappa shape index (κ2) is 14.9. The number of halogens is 1. The van der Waals surface area contributed by atoms with Gasteiger partial charge in [0.05, 0.1) is 16.9 Å². The van der Waals surface area contributed by atoms with E-state index in [2.05, 4.69) is 57.4 Å². The molecular formula is C35H41FN8O2. The minimum Gasteiger partial charge on any atom is -0.367 e. The molecule has 240 valence electrons. The molecule has 2 aromatic carbocycles. The summed E-state index contributed by atoms with van der Waals surface area (Å²) in [6, 6.07) is 17.8. The van der Waals surface area contributed by atoms with Crippen LogP contribution in [0.25, 0.3) is 0 Å². The van der Waals surface area contributed by atoms with Crippen LogP contribution in [0.1, 0.15) is 43.7 Å². The molecule has 46 heavy (non-hydrogen) atoms. The number of carbonyl (C=O) groups is 2. The van der Waals surface area contributed by atoms with Crippen LogP contribution in [0.4, 0.5) is 32.1 Å². The number of piperazine rings is 1. The highest BCUT2D eigenvalue weighted by Crippen LogP contribution is 2.36. The minimum absolute atomic E-state index is 0.0423. The van der Waals surface area contributed by atoms with Crippen molar-refractivity contribution in [3.63, 3.8) is 0 Å². The van der Waals surface area contributed by atoms with Gasteiger partial charge in [-0.3, -0.25) is 9.69 Å². The molecule has 3 N–H and O–H groups in total. The quantitative estimate of drug-likeness (QED) is 0.270. The Labute approximate surface area is 269 Å². The van der Waals surface area contributed by atoms with Crippen molar-refractivity contribution in [3.8, 4) is 6.07 Å². The Morgan fingerprint density at radius 1 is 1.13 bits per heavy atom. The monoisotopic (exact) mass is 624 g/mol. The average molecular weight is 625 g/mol. The maximum Gasteiger partial charge on any atom is 0.322 e. The van der Waals surface area contributed by atoms with Crippen LogP contribution in [0.3, 0.4) is 0 Å². The van der Waals surface area contributed by atoms with E-state index in [1.54, 1.807) is 41.4 Å². The van der Waals surface area contributed by atoms with Crippen molar-refractivity contribution in [2.45, 2.75) is 57.3 Å². The largest absolute Gasteiger partial charge is 0.367 e. The number of hydrogen-bond donors (Lipinski definition) is 3. The lowest BCUT2D eigenvalue weighted by atomic mass is 9.89. The van der Waals surface area contributed by atoms with Crippen molar-refractivity contribution in [1.29, 1.82) is 5.26 Å². The predicted molar refractivity (Wildman–Crippen MR) is 179 cm³/mol. The van der Waals surface area contributed by atoms with Crippen LogP contribution in [-0.4, -0.2) is 66.6 Å². The van der Waals surface area contributed by atoms with Crippen molar-refractivity contribution in [3.05, 3.63) is 90.4 Å². The van der Waals surface area contributed by atoms with Crippen molar-refractivity contribution < 1.29 is 14.0 Å². The molecule has 2 fully saturated rings. The van der Waals surface area contributed by atoms with Crippen LogP contribution in [0.5, 0.6) is 0 Å². The molecule has 1 aromatic heterocycles. The molecule has 5 rings (SSSR count). The number of anilines is 4. The summed E-state index contributed by atoms with van der Waals surface area (Å²) in [7, 11) is 2.11. The van der Waals surface area contributed by atoms with Crippen molar-refractivity contribution >= 4 is 34.8 Å². The third-order valence-electron chi connectivity index (χ3n) is 8.92. The Hall–Kier alpha value is -4.95. The molecule has 2 heterocycles. The van der Waals surface area contributed by atoms with Gasteiger partial charge < -0.3 is 25.8 Å². The highest BCUT2D eigenvalue weighted by molar-refractivity contribution is 6.02. The number of nitrogens with zero attached hydrogens (tertiary/aromatic N) is 5. The van der Waals surface area contributed by atoms with Crippen LogP contribution in [0, 0.1) is 17.1 Å². The van der Waals surface area contributed by atoms with Gasteiger partial charge in [0.25, 0.3) is 0 Å². The van der Waals surface area contributed by atoms with Gasteiger partial charge in [-0.15, -0.1) is 0 Å². The molecule has 0 bridgehead atoms. The Morgan fingerprint density at radius 3 is 2.59 bits per heavy atom. The molecule has 0 radical (unpaired) electrons. The van der Waals surface area contributed by atoms with Gasteiger partial charge in [-0.05, 0) is 82.1 Å². The van der Waals surface area contributed by atoms with E-state index in [1.807, 2.05) is 18.2 Å². The van der Waals surface area contributed by atoms with E-state index in [1.165, 1.54) is 12.1 Å². The first kappa shape index (κ1) is 32.4. The summed E-state index contributed by atoms with van der Waals surface area (Å²) < 4.78 is 14.4. The smallest absolute Gasteiger partial charge is 0.322 e. The molecule has 2 aliphatic rings. The van der Waals surface area contributed by atoms with Gasteiger partial charge in [0, 0.05) is 61.8 Å². The molecular weight excluding hydrogens is 583 g/mol. The second-order valence-corrected chi connectivity index (χ2v) is 12.0. The summed E-state index contributed by atoms with van der Waals surface area (Å²) in [5.74, 6) is -0.00463. The summed E-state index contributed by atoms with van der Waals surface area (Å²) >= 11 is 0. The fourth-order valence-electron chi connectivity index (χ4n) is 6.13. The minimum atomic E-state index is -0.377. The Bertz CT molecular complexity index is 1580. The fraction of sp³-hybridized carbons (Fsp3) is 0.371. The lowest BCUT2D eigenvalue weighted by Gasteiger charge is -2.40. The number of likely N-dealkylation sites (N-methyl/N-ethyl adjacent to an activating group) is 1. The zero-order valence-electron chi connectivity index (χ0n) is 26.4. The topological polar surface area (TPSA) is 117 Å². The highest BCUT2D eigenvalue weighted by Gasteiger charge is 2.32. The second-order valence-electron chi connectivity index (χ2n) is 12.0. The molecule has 1 saturated carbocycles. The number of carbonyl (C=O) groups excluding carboxylic acids is 2. The van der Waals surface area contributed by atoms with Gasteiger partial charge in [-0.2, -0.15) is 5.26 Å². The van der Waals surface area contributed by atoms with Gasteiger partial charge in [0.2, 0.25) is 5.91 Å². The van der Waals surface area contributed by atoms with Crippen LogP contribution in [0.2, 0.25) is 0 Å². The van der Waals surface area contributed by atoms with Gasteiger partial charge >= 0.3 is 6.03 Å². The zero-order chi connectivity index (χ0) is 32.6. The van der Waals surface area contributed by atoms with Crippen LogP contribution in [0.15, 0.2) is 73.4 Å². The first-order valence-electron chi connectivity index (χ1n) is 15.7. The number of urea groups is 1. The lowest BCUT2D eigenvalue weighted by molar-refractivity contribution is -0.111. The van der Waals surface area contributed by atoms with Crippen LogP contribution < -0.4 is 25.8 Å². The van der Waals surface area contributed by atoms with Crippen LogP contribution in [-0.2, 0) is 11.3 Å². The van der Waals surface area contributed by atoms with E-state index in [0.717, 1.165) is 38.2 Å². The molecule has 1 saturated heterocycles. The first-order chi connectivity index (χ1) is 22.2. The normalized spacial score (nSPS) is 19.9. The summed E-state index contributed by atoms with van der Waals surface area (Å²) in [5, 5.41) is 18.4. The number of nitrogens with one attached hydrogen (secondary N) is 3. The molecule has 11 heteroatoms. The summed E-state index contributed by atoms with van der Waals surface area (Å²) in [5.41, 5.74) is 3.03. The van der Waals surface area contributed by atoms with E-state index in [4.69, 9.17) is 5.26 Å². The molecule has 1 aliphatic heterocycles. The average Bonchev–Trinajstić information content (AvgIpc) is 3.07. The van der Waals surface area contributed by atoms with E-state index < -0.39 is 0 Å². The third kappa shape index (κ3) is 7.82. The summed E-state index contributed by atoms with van der Waals surface area (Å²) in [6.45, 7) is 8.32. The fourth-order valence-corrected chi connectivity index (χ4v) is 6.13. The summed E-state index contributed by atoms with van der Waals surface area (Å²) in [6.07, 6.45) is 5.80. The molecule has 1 aliphatic carbocycles. The third-order valence-corrected chi connectivity index (χ3v) is 8.92. The lowest BCUT2D eigenvalue weighted by Crippen LogP contribution is -2.50. The standard InChI is InChI=1S/C35H41FN8O2/c1-4-34(45)41-31-19-29(14-15-32(31)43-18-17-42(3)24(2)23-43)44(35(46)39-22-26-7-5-6-8-30(26)36)28-12-10-27(11-13-28)40-33-16-9-25(20-37)21-38-33/h4-9,14-16,19,21,24,27-28H,1,10-13,17-18,22-23H2,2-3H3,(H,38,40)(H,39,46)(H,41,45). The van der Waals surface area contributed by atoms with Crippen molar-refractivity contribution in [2.75, 3.05) is 47.1 Å². The van der Waals surface area contributed by atoms with Gasteiger partial charge in [0.1, 0.15) is 17.7 Å². The van der Waals surface area contributed by atoms with E-state index in [-0.39, 0.29) is 36.4 Å². The molecule has 0 spiro atoms. The SMILES string of the molecule is C=CC(=O)Nc1cc(N(C(=O)NCc2ccccc2F)C2CCC(Nc3ccc(C#N)cn3)CC2)ccc1N1CCN(C)C(C)C1. The molecule has 3 aromatic rings. The van der Waals surface area contributed by atoms with Gasteiger partial charge in [-0.25, -0.2) is 14.2 Å². The van der Waals surface area contributed by atoms with E-state index >= 15 is 0 Å². The summed E-state index contributed by atoms with van der Waals surface area (Å²) in [4.78, 5) is 37.1. The number of aromatic nitrogens is 1. The number of hydrogen-bond acceptors (Lipinski definition) is 7. The number of amides is 3. The van der Waals surface area contributed by atoms with Gasteiger partial charge in [0.15, 0.2) is 0 Å². The molecule has 1 atom stereocenters. The van der Waals surface area contributed by atoms with E-state index in [9.17, 15) is 14.0 Å². The van der Waals surface area contributed by atoms with Crippen LogP contribution >= 0.6 is 0 Å². The maximum absolute atomic E-state index is 14.4. The number of rotatable bonds is 9. The number of pyridine rings is 1. The van der Waals surface area contributed by atoms with E-state index in [0.29, 0.717) is 47.2 Å². The zero-order valence-corrected chi connectivity index (χ0v) is 26.4. The predicted octanol–water partition coefficient (Wildman–Crippen LogP) is 5.50. The number of benzene rings is 2. The molecule has 10 nitrogen and oxygen atoms in total. The maximum atomic E-state index is 14.4. The Balaban J connectivity index is 1.40. The first-order valence-corrected chi connectivity index (χ1v) is 15.7. The van der Waals surface area contributed by atoms with Crippen molar-refractivity contribution in [1.82, 2.24) is 15.2 Å². The van der Waals surface area contributed by atoms with Gasteiger partial charge in [-0.1, -0.05) is 24.8 Å². The molecule has 1 unspecified atom stereocenters. The molecule has 3 amide bonds. The Morgan fingerprint density at radius 2 is 1.91 bits per heavy atom. The van der Waals surface area contributed by atoms with Crippen molar-refractivity contribution in [2.24, 2.45) is 0 Å². The highest BCUT2D eigenvalue weighted by atomic mass is 19.1. The Kier molecular flexibility index (Phi) is 10.5. The number of nitriles is 1.